The number of benzene rings is 2. The normalized spacial score (nSPS) is 16.2. The molecule has 33 heavy (non-hydrogen) atoms. The number of nitrogens with two attached hydrogens (primary N) is 1. The van der Waals surface area contributed by atoms with Gasteiger partial charge < -0.3 is 10.5 Å². The summed E-state index contributed by atoms with van der Waals surface area (Å²) in [5, 5.41) is 1.20. The molecule has 2 N–H and O–H groups in total. The van der Waals surface area contributed by atoms with E-state index in [1.807, 2.05) is 26.0 Å². The molecule has 0 spiro atoms. The first kappa shape index (κ1) is 23.8. The van der Waals surface area contributed by atoms with Gasteiger partial charge in [0.1, 0.15) is 22.1 Å². The summed E-state index contributed by atoms with van der Waals surface area (Å²) in [6, 6.07) is 9.08. The van der Waals surface area contributed by atoms with E-state index in [2.05, 4.69) is 5.92 Å². The molecular weight excluding hydrogens is 455 g/mol. The predicted octanol–water partition coefficient (Wildman–Crippen LogP) is 6.91. The molecule has 6 heteroatoms. The summed E-state index contributed by atoms with van der Waals surface area (Å²) >= 11 is 8.06. The van der Waals surface area contributed by atoms with Gasteiger partial charge in [-0.3, -0.25) is 0 Å². The van der Waals surface area contributed by atoms with E-state index in [0.717, 1.165) is 52.3 Å². The Bertz CT molecular complexity index is 1240. The monoisotopic (exact) mass is 482 g/mol. The maximum atomic E-state index is 14.5. The lowest BCUT2D eigenvalue weighted by Crippen LogP contribution is -2.42. The van der Waals surface area contributed by atoms with Gasteiger partial charge in [-0.1, -0.05) is 42.5 Å². The molecule has 0 radical (unpaired) electrons. The lowest BCUT2D eigenvalue weighted by Gasteiger charge is -2.32. The van der Waals surface area contributed by atoms with Gasteiger partial charge in [-0.05, 0) is 68.0 Å². The standard InChI is InChI=1S/C27H28ClFN2OS/c1-6-27(30,21(12-18-8-9-18)19-10-7-15(2)23(29)13-19)26-31-25(17(4)33-26)20-11-16(3)24(32-5)14-22(20)28/h1,7,10-11,13-14,18,21H,8-9,12,30H2,2-5H3/t21-,27?/m0/s1. The van der Waals surface area contributed by atoms with Gasteiger partial charge in [0, 0.05) is 16.4 Å². The van der Waals surface area contributed by atoms with Crippen molar-refractivity contribution in [3.63, 3.8) is 0 Å². The Morgan fingerprint density at radius 3 is 2.61 bits per heavy atom. The highest BCUT2D eigenvalue weighted by molar-refractivity contribution is 7.12. The molecule has 1 saturated carbocycles. The first-order valence-corrected chi connectivity index (χ1v) is 12.2. The van der Waals surface area contributed by atoms with Gasteiger partial charge in [0.15, 0.2) is 0 Å². The molecule has 0 aliphatic heterocycles. The molecule has 1 aliphatic carbocycles. The van der Waals surface area contributed by atoms with Crippen LogP contribution in [0.15, 0.2) is 30.3 Å². The Balaban J connectivity index is 1.81. The second kappa shape index (κ2) is 9.10. The lowest BCUT2D eigenvalue weighted by atomic mass is 9.77. The largest absolute Gasteiger partial charge is 0.496 e. The third-order valence-corrected chi connectivity index (χ3v) is 7.98. The maximum absolute atomic E-state index is 14.5. The zero-order chi connectivity index (χ0) is 23.9. The fraction of sp³-hybridized carbons (Fsp3) is 0.370. The maximum Gasteiger partial charge on any atom is 0.136 e. The van der Waals surface area contributed by atoms with Crippen molar-refractivity contribution in [3.8, 4) is 29.4 Å². The van der Waals surface area contributed by atoms with Crippen molar-refractivity contribution in [2.24, 2.45) is 11.7 Å². The summed E-state index contributed by atoms with van der Waals surface area (Å²) in [5.74, 6) is 3.63. The number of rotatable bonds is 7. The number of terminal acetylenes is 1. The van der Waals surface area contributed by atoms with E-state index in [0.29, 0.717) is 21.5 Å². The molecule has 0 bridgehead atoms. The number of hydrogen-bond acceptors (Lipinski definition) is 4. The molecule has 2 aromatic carbocycles. The Hall–Kier alpha value is -2.39. The molecule has 3 aromatic rings. The minimum Gasteiger partial charge on any atom is -0.496 e. The highest BCUT2D eigenvalue weighted by Gasteiger charge is 2.42. The Morgan fingerprint density at radius 2 is 2.00 bits per heavy atom. The van der Waals surface area contributed by atoms with E-state index in [1.165, 1.54) is 11.3 Å². The molecule has 1 aliphatic rings. The number of halogens is 2. The van der Waals surface area contributed by atoms with Crippen LogP contribution in [0.3, 0.4) is 0 Å². The van der Waals surface area contributed by atoms with Crippen LogP contribution < -0.4 is 10.5 Å². The molecule has 1 fully saturated rings. The summed E-state index contributed by atoms with van der Waals surface area (Å²) in [4.78, 5) is 5.90. The SMILES string of the molecule is C#CC(N)(c1nc(-c2cc(C)c(OC)cc2Cl)c(C)s1)[C@@H](CC1CC1)c1ccc(C)c(F)c1. The van der Waals surface area contributed by atoms with Crippen LogP contribution in [0.1, 0.15) is 51.8 Å². The first-order valence-electron chi connectivity index (χ1n) is 11.0. The van der Waals surface area contributed by atoms with Gasteiger partial charge in [-0.15, -0.1) is 17.8 Å². The first-order chi connectivity index (χ1) is 15.7. The Labute approximate surface area is 204 Å². The summed E-state index contributed by atoms with van der Waals surface area (Å²) in [5.41, 5.74) is 9.76. The summed E-state index contributed by atoms with van der Waals surface area (Å²) in [7, 11) is 1.62. The van der Waals surface area contributed by atoms with E-state index in [1.54, 1.807) is 32.2 Å². The summed E-state index contributed by atoms with van der Waals surface area (Å²) in [6.45, 7) is 5.71. The van der Waals surface area contributed by atoms with Crippen molar-refractivity contribution in [3.05, 3.63) is 67.7 Å². The zero-order valence-electron chi connectivity index (χ0n) is 19.3. The molecule has 1 unspecified atom stereocenters. The second-order valence-corrected chi connectivity index (χ2v) is 10.6. The fourth-order valence-electron chi connectivity index (χ4n) is 4.30. The Kier molecular flexibility index (Phi) is 6.55. The van der Waals surface area contributed by atoms with Gasteiger partial charge in [-0.25, -0.2) is 9.37 Å². The van der Waals surface area contributed by atoms with E-state index < -0.39 is 5.54 Å². The molecule has 172 valence electrons. The van der Waals surface area contributed by atoms with Crippen LogP contribution >= 0.6 is 22.9 Å². The third kappa shape index (κ3) is 4.53. The van der Waals surface area contributed by atoms with Crippen molar-refractivity contribution in [2.75, 3.05) is 7.11 Å². The van der Waals surface area contributed by atoms with Gasteiger partial charge >= 0.3 is 0 Å². The van der Waals surface area contributed by atoms with Gasteiger partial charge in [-0.2, -0.15) is 0 Å². The molecule has 0 saturated heterocycles. The average molecular weight is 483 g/mol. The molecule has 1 heterocycles. The quantitative estimate of drug-likeness (QED) is 0.372. The van der Waals surface area contributed by atoms with Crippen LogP contribution in [-0.2, 0) is 5.54 Å². The molecule has 0 amide bonds. The molecule has 1 aromatic heterocycles. The zero-order valence-corrected chi connectivity index (χ0v) is 20.9. The number of ether oxygens (including phenoxy) is 1. The number of hydrogen-bond donors (Lipinski definition) is 1. The number of thiazole rings is 1. The minimum absolute atomic E-state index is 0.239. The van der Waals surface area contributed by atoms with Gasteiger partial charge in [0.25, 0.3) is 0 Å². The summed E-state index contributed by atoms with van der Waals surface area (Å²) in [6.07, 6.45) is 9.19. The van der Waals surface area contributed by atoms with E-state index in [4.69, 9.17) is 33.5 Å². The molecule has 2 atom stereocenters. The lowest BCUT2D eigenvalue weighted by molar-refractivity contribution is 0.408. The van der Waals surface area contributed by atoms with Crippen LogP contribution in [-0.4, -0.2) is 12.1 Å². The number of aromatic nitrogens is 1. The van der Waals surface area contributed by atoms with Crippen molar-refractivity contribution in [1.29, 1.82) is 0 Å². The second-order valence-electron chi connectivity index (χ2n) is 8.98. The highest BCUT2D eigenvalue weighted by Crippen LogP contribution is 2.48. The van der Waals surface area contributed by atoms with E-state index in [9.17, 15) is 4.39 Å². The number of nitrogens with zero attached hydrogens (tertiary/aromatic N) is 1. The molecular formula is C27H28ClFN2OS. The van der Waals surface area contributed by atoms with Crippen LogP contribution in [0.5, 0.6) is 5.75 Å². The average Bonchev–Trinajstić information content (AvgIpc) is 3.54. The van der Waals surface area contributed by atoms with Crippen molar-refractivity contribution < 1.29 is 9.13 Å². The fourth-order valence-corrected chi connectivity index (χ4v) is 5.59. The molecule has 4 rings (SSSR count). The van der Waals surface area contributed by atoms with Gasteiger partial charge in [0.2, 0.25) is 0 Å². The van der Waals surface area contributed by atoms with Crippen molar-refractivity contribution in [1.82, 2.24) is 4.98 Å². The van der Waals surface area contributed by atoms with Gasteiger partial charge in [0.05, 0.1) is 17.8 Å². The van der Waals surface area contributed by atoms with Crippen LogP contribution in [0.4, 0.5) is 4.39 Å². The summed E-state index contributed by atoms with van der Waals surface area (Å²) < 4.78 is 19.9. The van der Waals surface area contributed by atoms with E-state index >= 15 is 0 Å². The van der Waals surface area contributed by atoms with Crippen LogP contribution in [0, 0.1) is 44.9 Å². The number of methoxy groups -OCH3 is 1. The number of aryl methyl sites for hydroxylation is 3. The Morgan fingerprint density at radius 1 is 1.27 bits per heavy atom. The molecule has 3 nitrogen and oxygen atoms in total. The van der Waals surface area contributed by atoms with Crippen LogP contribution in [0.2, 0.25) is 5.02 Å². The minimum atomic E-state index is -1.16. The predicted molar refractivity (Wildman–Crippen MR) is 135 cm³/mol. The van der Waals surface area contributed by atoms with Crippen molar-refractivity contribution in [2.45, 2.75) is 51.5 Å². The topological polar surface area (TPSA) is 48.1 Å². The smallest absolute Gasteiger partial charge is 0.136 e. The highest BCUT2D eigenvalue weighted by atomic mass is 35.5. The van der Waals surface area contributed by atoms with E-state index in [-0.39, 0.29) is 11.7 Å². The van der Waals surface area contributed by atoms with Crippen molar-refractivity contribution >= 4 is 22.9 Å². The third-order valence-electron chi connectivity index (χ3n) is 6.54. The van der Waals surface area contributed by atoms with Crippen LogP contribution in [0.25, 0.3) is 11.3 Å².